The summed E-state index contributed by atoms with van der Waals surface area (Å²) in [6, 6.07) is -0.693. The lowest BCUT2D eigenvalue weighted by Crippen LogP contribution is -2.46. The molecule has 67 heavy (non-hydrogen) atoms. The van der Waals surface area contributed by atoms with Crippen LogP contribution in [0.4, 0.5) is 0 Å². The van der Waals surface area contributed by atoms with Gasteiger partial charge < -0.3 is 20.3 Å². The van der Waals surface area contributed by atoms with Gasteiger partial charge in [0.1, 0.15) is 6.10 Å². The Balaban J connectivity index is 4.46. The van der Waals surface area contributed by atoms with E-state index in [1.165, 1.54) is 270 Å². The molecule has 0 radical (unpaired) electrons. The first-order valence-corrected chi connectivity index (χ1v) is 30.8. The molecule has 6 nitrogen and oxygen atoms in total. The van der Waals surface area contributed by atoms with E-state index < -0.39 is 18.2 Å². The number of rotatable bonds is 57. The molecule has 0 saturated carbocycles. The summed E-state index contributed by atoms with van der Waals surface area (Å²) in [6.07, 6.45) is 63.2. The van der Waals surface area contributed by atoms with Crippen LogP contribution in [0.15, 0.2) is 0 Å². The monoisotopic (exact) mass is 948 g/mol. The highest BCUT2D eigenvalue weighted by Crippen LogP contribution is 2.20. The highest BCUT2D eigenvalue weighted by atomic mass is 16.5. The Morgan fingerprint density at radius 2 is 0.627 bits per heavy atom. The van der Waals surface area contributed by atoms with Crippen LogP contribution in [0.1, 0.15) is 355 Å². The van der Waals surface area contributed by atoms with E-state index in [-0.39, 0.29) is 24.9 Å². The molecule has 0 aliphatic heterocycles. The van der Waals surface area contributed by atoms with E-state index in [1.54, 1.807) is 0 Å². The third-order valence-electron chi connectivity index (χ3n) is 14.7. The maximum atomic E-state index is 13.3. The number of unbranched alkanes of at least 4 members (excludes halogenated alkanes) is 45. The summed E-state index contributed by atoms with van der Waals surface area (Å²) in [4.78, 5) is 26.3. The molecule has 400 valence electrons. The molecule has 0 fully saturated rings. The predicted octanol–water partition coefficient (Wildman–Crippen LogP) is 19.1. The molecule has 0 aliphatic carbocycles. The number of carbonyl (C=O) groups excluding carboxylic acids is 2. The van der Waals surface area contributed by atoms with Gasteiger partial charge in [-0.1, -0.05) is 316 Å². The third-order valence-corrected chi connectivity index (χ3v) is 14.7. The first-order valence-electron chi connectivity index (χ1n) is 30.8. The van der Waals surface area contributed by atoms with Crippen molar-refractivity contribution in [2.24, 2.45) is 0 Å². The van der Waals surface area contributed by atoms with Crippen LogP contribution in [-0.4, -0.2) is 46.9 Å². The molecule has 0 bridgehead atoms. The summed E-state index contributed by atoms with van der Waals surface area (Å²) in [5, 5.41) is 23.9. The summed E-state index contributed by atoms with van der Waals surface area (Å²) >= 11 is 0. The Morgan fingerprint density at radius 1 is 0.373 bits per heavy atom. The average Bonchev–Trinajstić information content (AvgIpc) is 3.32. The maximum Gasteiger partial charge on any atom is 0.306 e. The van der Waals surface area contributed by atoms with Crippen LogP contribution in [-0.2, 0) is 14.3 Å². The van der Waals surface area contributed by atoms with Crippen LogP contribution in [0.2, 0.25) is 0 Å². The number of ether oxygens (including phenoxy) is 1. The van der Waals surface area contributed by atoms with Crippen molar-refractivity contribution >= 4 is 11.9 Å². The molecule has 0 aromatic rings. The zero-order chi connectivity index (χ0) is 48.8. The third kappa shape index (κ3) is 51.0. The zero-order valence-electron chi connectivity index (χ0n) is 45.8. The molecule has 0 saturated heterocycles. The minimum absolute atomic E-state index is 0.0889. The van der Waals surface area contributed by atoms with Crippen molar-refractivity contribution in [3.63, 3.8) is 0 Å². The number of carbonyl (C=O) groups is 2. The Morgan fingerprint density at radius 3 is 0.910 bits per heavy atom. The summed E-state index contributed by atoms with van der Waals surface area (Å²) < 4.78 is 5.99. The molecule has 0 aromatic heterocycles. The van der Waals surface area contributed by atoms with E-state index in [9.17, 15) is 19.8 Å². The topological polar surface area (TPSA) is 95.9 Å². The molecular formula is C61H121NO5. The van der Waals surface area contributed by atoms with E-state index in [2.05, 4.69) is 26.1 Å². The first-order chi connectivity index (χ1) is 33.0. The van der Waals surface area contributed by atoms with E-state index in [0.717, 1.165) is 38.5 Å². The van der Waals surface area contributed by atoms with Gasteiger partial charge in [0.15, 0.2) is 0 Å². The minimum Gasteiger partial charge on any atom is -0.462 e. The molecule has 1 amide bonds. The molecular weight excluding hydrogens is 827 g/mol. The van der Waals surface area contributed by atoms with Gasteiger partial charge >= 0.3 is 5.97 Å². The molecule has 0 aromatic carbocycles. The zero-order valence-corrected chi connectivity index (χ0v) is 45.8. The van der Waals surface area contributed by atoms with Crippen molar-refractivity contribution in [3.8, 4) is 0 Å². The van der Waals surface area contributed by atoms with Gasteiger partial charge in [-0.15, -0.1) is 0 Å². The Bertz CT molecular complexity index is 975. The van der Waals surface area contributed by atoms with Crippen LogP contribution in [0.5, 0.6) is 0 Å². The number of aliphatic hydroxyl groups is 2. The SMILES string of the molecule is CCCCCCCCCCCCCCCCCCCCCC(=O)OC(CCCCCCCCCCCCCCCCCCC)CC(=O)NC(CO)C(O)CCCCCCCCCCCCCC. The highest BCUT2D eigenvalue weighted by Gasteiger charge is 2.24. The van der Waals surface area contributed by atoms with Gasteiger partial charge in [0.2, 0.25) is 5.91 Å². The first kappa shape index (κ1) is 65.9. The molecule has 3 atom stereocenters. The summed E-state index contributed by atoms with van der Waals surface area (Å²) in [5.41, 5.74) is 0. The lowest BCUT2D eigenvalue weighted by atomic mass is 10.0. The number of hydrogen-bond acceptors (Lipinski definition) is 5. The van der Waals surface area contributed by atoms with Crippen molar-refractivity contribution in [2.75, 3.05) is 6.61 Å². The highest BCUT2D eigenvalue weighted by molar-refractivity contribution is 5.77. The van der Waals surface area contributed by atoms with Gasteiger partial charge in [0.05, 0.1) is 25.2 Å². The molecule has 0 heterocycles. The smallest absolute Gasteiger partial charge is 0.306 e. The summed E-state index contributed by atoms with van der Waals surface area (Å²) in [7, 11) is 0. The van der Waals surface area contributed by atoms with Crippen LogP contribution in [0.3, 0.4) is 0 Å². The van der Waals surface area contributed by atoms with E-state index in [0.29, 0.717) is 19.3 Å². The second kappa shape index (κ2) is 55.8. The van der Waals surface area contributed by atoms with Crippen molar-refractivity contribution in [1.29, 1.82) is 0 Å². The fraction of sp³-hybridized carbons (Fsp3) is 0.967. The predicted molar refractivity (Wildman–Crippen MR) is 292 cm³/mol. The molecule has 3 unspecified atom stereocenters. The normalized spacial score (nSPS) is 13.0. The number of nitrogens with one attached hydrogen (secondary N) is 1. The minimum atomic E-state index is -0.780. The lowest BCUT2D eigenvalue weighted by molar-refractivity contribution is -0.151. The number of hydrogen-bond donors (Lipinski definition) is 3. The fourth-order valence-corrected chi connectivity index (χ4v) is 10.0. The average molecular weight is 949 g/mol. The van der Waals surface area contributed by atoms with E-state index >= 15 is 0 Å². The Hall–Kier alpha value is -1.14. The van der Waals surface area contributed by atoms with Crippen molar-refractivity contribution in [3.05, 3.63) is 0 Å². The number of aliphatic hydroxyl groups excluding tert-OH is 2. The van der Waals surface area contributed by atoms with Crippen molar-refractivity contribution in [1.82, 2.24) is 5.32 Å². The standard InChI is InChI=1S/C61H121NO5/c1-4-7-10-13-16-19-22-25-27-29-30-32-34-36-39-42-45-48-51-54-61(66)67-57(52-49-46-43-40-37-35-33-31-28-26-23-20-17-14-11-8-5-2)55-60(65)62-58(56-63)59(64)53-50-47-44-41-38-24-21-18-15-12-9-6-3/h57-59,63-64H,4-56H2,1-3H3,(H,62,65). The van der Waals surface area contributed by atoms with Gasteiger partial charge in [-0.05, 0) is 25.7 Å². The van der Waals surface area contributed by atoms with Crippen LogP contribution < -0.4 is 5.32 Å². The molecule has 0 aliphatic rings. The van der Waals surface area contributed by atoms with Crippen LogP contribution >= 0.6 is 0 Å². The van der Waals surface area contributed by atoms with Gasteiger partial charge in [0, 0.05) is 6.42 Å². The summed E-state index contributed by atoms with van der Waals surface area (Å²) in [5.74, 6) is -0.441. The van der Waals surface area contributed by atoms with Gasteiger partial charge in [-0.2, -0.15) is 0 Å². The lowest BCUT2D eigenvalue weighted by Gasteiger charge is -2.24. The number of amides is 1. The number of esters is 1. The summed E-state index contributed by atoms with van der Waals surface area (Å²) in [6.45, 7) is 6.54. The molecule has 0 spiro atoms. The van der Waals surface area contributed by atoms with Gasteiger partial charge in [-0.3, -0.25) is 9.59 Å². The van der Waals surface area contributed by atoms with Gasteiger partial charge in [-0.25, -0.2) is 0 Å². The second-order valence-corrected chi connectivity index (χ2v) is 21.5. The van der Waals surface area contributed by atoms with Crippen molar-refractivity contribution in [2.45, 2.75) is 373 Å². The largest absolute Gasteiger partial charge is 0.462 e. The van der Waals surface area contributed by atoms with Crippen LogP contribution in [0.25, 0.3) is 0 Å². The quantitative estimate of drug-likeness (QED) is 0.0417. The van der Waals surface area contributed by atoms with Gasteiger partial charge in [0.25, 0.3) is 0 Å². The van der Waals surface area contributed by atoms with Crippen LogP contribution in [0, 0.1) is 0 Å². The van der Waals surface area contributed by atoms with Crippen molar-refractivity contribution < 1.29 is 24.5 Å². The molecule has 3 N–H and O–H groups in total. The maximum absolute atomic E-state index is 13.3. The van der Waals surface area contributed by atoms with E-state index in [4.69, 9.17) is 4.74 Å². The molecule has 0 rings (SSSR count). The molecule has 6 heteroatoms. The Kier molecular flexibility index (Phi) is 54.8. The van der Waals surface area contributed by atoms with E-state index in [1.807, 2.05) is 0 Å². The second-order valence-electron chi connectivity index (χ2n) is 21.5. The fourth-order valence-electron chi connectivity index (χ4n) is 10.0. The Labute approximate surface area is 419 Å².